The fraction of sp³-hybridized carbons (Fsp3) is 0.417. The topological polar surface area (TPSA) is 49.8 Å². The summed E-state index contributed by atoms with van der Waals surface area (Å²) in [4.78, 5) is 13.5. The van der Waals surface area contributed by atoms with E-state index in [4.69, 9.17) is 4.74 Å². The van der Waals surface area contributed by atoms with Gasteiger partial charge in [0.05, 0.1) is 12.2 Å². The van der Waals surface area contributed by atoms with Gasteiger partial charge in [0.15, 0.2) is 0 Å². The highest BCUT2D eigenvalue weighted by molar-refractivity contribution is 5.91. The molecular formula is C12H17NO3. The van der Waals surface area contributed by atoms with Crippen molar-refractivity contribution in [3.63, 3.8) is 0 Å². The Labute approximate surface area is 95.5 Å². The van der Waals surface area contributed by atoms with Crippen LogP contribution in [0.4, 0.5) is 0 Å². The third kappa shape index (κ3) is 2.97. The third-order valence-corrected chi connectivity index (χ3v) is 2.12. The molecule has 0 heterocycles. The molecule has 0 saturated heterocycles. The summed E-state index contributed by atoms with van der Waals surface area (Å²) in [5.41, 5.74) is 1.03. The summed E-state index contributed by atoms with van der Waals surface area (Å²) in [6.45, 7) is 2.59. The first-order valence-electron chi connectivity index (χ1n) is 5.19. The Morgan fingerprint density at radius 3 is 2.69 bits per heavy atom. The minimum atomic E-state index is -0.393. The van der Waals surface area contributed by atoms with Gasteiger partial charge in [-0.25, -0.2) is 4.79 Å². The van der Waals surface area contributed by atoms with Crippen molar-refractivity contribution >= 4 is 5.97 Å². The molecule has 0 bridgehead atoms. The molecule has 4 nitrogen and oxygen atoms in total. The summed E-state index contributed by atoms with van der Waals surface area (Å²) in [6.07, 6.45) is 0. The number of carbonyl (C=O) groups is 1. The quantitative estimate of drug-likeness (QED) is 0.788. The predicted molar refractivity (Wildman–Crippen MR) is 61.5 cm³/mol. The summed E-state index contributed by atoms with van der Waals surface area (Å²) < 4.78 is 4.94. The van der Waals surface area contributed by atoms with Crippen LogP contribution in [-0.4, -0.2) is 36.7 Å². The van der Waals surface area contributed by atoms with Gasteiger partial charge >= 0.3 is 5.97 Å². The number of rotatable bonds is 4. The van der Waals surface area contributed by atoms with Crippen molar-refractivity contribution in [2.75, 3.05) is 20.7 Å². The molecule has 0 aliphatic heterocycles. The molecule has 0 unspecified atom stereocenters. The van der Waals surface area contributed by atoms with Crippen LogP contribution in [0.25, 0.3) is 0 Å². The number of phenolic OH excluding ortho intramolecular Hbond substituents is 1. The average molecular weight is 223 g/mol. The Hall–Kier alpha value is -1.55. The van der Waals surface area contributed by atoms with Crippen LogP contribution in [0.1, 0.15) is 22.8 Å². The van der Waals surface area contributed by atoms with Crippen molar-refractivity contribution in [2.45, 2.75) is 13.5 Å². The van der Waals surface area contributed by atoms with Crippen LogP contribution in [0.2, 0.25) is 0 Å². The van der Waals surface area contributed by atoms with Gasteiger partial charge in [0.2, 0.25) is 0 Å². The minimum absolute atomic E-state index is 0.124. The first kappa shape index (κ1) is 12.5. The number of benzene rings is 1. The lowest BCUT2D eigenvalue weighted by Gasteiger charge is -2.14. The molecule has 0 fully saturated rings. The van der Waals surface area contributed by atoms with E-state index in [2.05, 4.69) is 0 Å². The van der Waals surface area contributed by atoms with Crippen molar-refractivity contribution in [1.82, 2.24) is 4.90 Å². The number of phenols is 1. The van der Waals surface area contributed by atoms with Crippen LogP contribution < -0.4 is 0 Å². The Bertz CT molecular complexity index is 375. The standard InChI is InChI=1S/C12H17NO3/c1-4-16-12(15)9-6-5-7-11(14)10(9)8-13(2)3/h5-7,14H,4,8H2,1-3H3. The fourth-order valence-corrected chi connectivity index (χ4v) is 1.46. The molecule has 0 radical (unpaired) electrons. The Balaban J connectivity index is 3.07. The molecule has 1 aromatic carbocycles. The fourth-order valence-electron chi connectivity index (χ4n) is 1.46. The zero-order valence-electron chi connectivity index (χ0n) is 9.86. The Kier molecular flexibility index (Phi) is 4.31. The summed E-state index contributed by atoms with van der Waals surface area (Å²) in [6, 6.07) is 4.87. The van der Waals surface area contributed by atoms with Gasteiger partial charge in [0.25, 0.3) is 0 Å². The van der Waals surface area contributed by atoms with Gasteiger partial charge in [-0.05, 0) is 33.2 Å². The van der Waals surface area contributed by atoms with E-state index < -0.39 is 5.97 Å². The lowest BCUT2D eigenvalue weighted by molar-refractivity contribution is 0.0523. The monoisotopic (exact) mass is 223 g/mol. The van der Waals surface area contributed by atoms with Gasteiger partial charge in [0.1, 0.15) is 5.75 Å². The van der Waals surface area contributed by atoms with Crippen molar-refractivity contribution in [1.29, 1.82) is 0 Å². The first-order valence-corrected chi connectivity index (χ1v) is 5.19. The van der Waals surface area contributed by atoms with E-state index in [0.29, 0.717) is 24.3 Å². The van der Waals surface area contributed by atoms with E-state index in [1.807, 2.05) is 19.0 Å². The summed E-state index contributed by atoms with van der Waals surface area (Å²) in [7, 11) is 3.75. The van der Waals surface area contributed by atoms with E-state index in [1.54, 1.807) is 25.1 Å². The molecule has 0 aliphatic rings. The second kappa shape index (κ2) is 5.51. The van der Waals surface area contributed by atoms with E-state index >= 15 is 0 Å². The van der Waals surface area contributed by atoms with Crippen molar-refractivity contribution in [3.8, 4) is 5.75 Å². The minimum Gasteiger partial charge on any atom is -0.508 e. The number of hydrogen-bond donors (Lipinski definition) is 1. The number of ether oxygens (including phenoxy) is 1. The molecule has 0 saturated carbocycles. The molecule has 0 amide bonds. The third-order valence-electron chi connectivity index (χ3n) is 2.12. The molecule has 1 rings (SSSR count). The summed E-state index contributed by atoms with van der Waals surface area (Å²) in [5, 5.41) is 9.72. The molecule has 0 spiro atoms. The van der Waals surface area contributed by atoms with E-state index in [-0.39, 0.29) is 5.75 Å². The van der Waals surface area contributed by atoms with E-state index in [1.165, 1.54) is 0 Å². The SMILES string of the molecule is CCOC(=O)c1cccc(O)c1CN(C)C. The van der Waals surface area contributed by atoms with E-state index in [9.17, 15) is 9.90 Å². The smallest absolute Gasteiger partial charge is 0.338 e. The van der Waals surface area contributed by atoms with Gasteiger partial charge in [-0.1, -0.05) is 6.07 Å². The van der Waals surface area contributed by atoms with Gasteiger partial charge in [0, 0.05) is 12.1 Å². The highest BCUT2D eigenvalue weighted by atomic mass is 16.5. The van der Waals surface area contributed by atoms with Crippen LogP contribution in [0.15, 0.2) is 18.2 Å². The Morgan fingerprint density at radius 1 is 1.44 bits per heavy atom. The first-order chi connectivity index (χ1) is 7.56. The molecule has 1 N–H and O–H groups in total. The average Bonchev–Trinajstić information content (AvgIpc) is 2.20. The number of hydrogen-bond acceptors (Lipinski definition) is 4. The second-order valence-electron chi connectivity index (χ2n) is 3.76. The van der Waals surface area contributed by atoms with Crippen LogP contribution in [0, 0.1) is 0 Å². The summed E-state index contributed by atoms with van der Waals surface area (Å²) >= 11 is 0. The van der Waals surface area contributed by atoms with Crippen molar-refractivity contribution in [3.05, 3.63) is 29.3 Å². The van der Waals surface area contributed by atoms with Gasteiger partial charge in [-0.2, -0.15) is 0 Å². The number of aromatic hydroxyl groups is 1. The molecule has 16 heavy (non-hydrogen) atoms. The Morgan fingerprint density at radius 2 is 2.12 bits per heavy atom. The molecule has 1 aromatic rings. The number of carbonyl (C=O) groups excluding carboxylic acids is 1. The van der Waals surface area contributed by atoms with Crippen molar-refractivity contribution in [2.24, 2.45) is 0 Å². The molecular weight excluding hydrogens is 206 g/mol. The van der Waals surface area contributed by atoms with E-state index in [0.717, 1.165) is 0 Å². The maximum atomic E-state index is 11.6. The lowest BCUT2D eigenvalue weighted by Crippen LogP contribution is -2.15. The lowest BCUT2D eigenvalue weighted by atomic mass is 10.1. The number of esters is 1. The van der Waals surface area contributed by atoms with Gasteiger partial charge < -0.3 is 14.7 Å². The number of nitrogens with zero attached hydrogens (tertiary/aromatic N) is 1. The molecule has 0 atom stereocenters. The molecule has 0 aromatic heterocycles. The molecule has 4 heteroatoms. The highest BCUT2D eigenvalue weighted by Crippen LogP contribution is 2.22. The van der Waals surface area contributed by atoms with Crippen molar-refractivity contribution < 1.29 is 14.6 Å². The van der Waals surface area contributed by atoms with Gasteiger partial charge in [-0.3, -0.25) is 0 Å². The predicted octanol–water partition coefficient (Wildman–Crippen LogP) is 1.63. The summed E-state index contributed by atoms with van der Waals surface area (Å²) in [5.74, 6) is -0.269. The maximum absolute atomic E-state index is 11.6. The van der Waals surface area contributed by atoms with Crippen LogP contribution in [0.3, 0.4) is 0 Å². The highest BCUT2D eigenvalue weighted by Gasteiger charge is 2.15. The van der Waals surface area contributed by atoms with Gasteiger partial charge in [-0.15, -0.1) is 0 Å². The normalized spacial score (nSPS) is 10.5. The second-order valence-corrected chi connectivity index (χ2v) is 3.76. The zero-order valence-corrected chi connectivity index (χ0v) is 9.86. The zero-order chi connectivity index (χ0) is 12.1. The van der Waals surface area contributed by atoms with Crippen LogP contribution in [0.5, 0.6) is 5.75 Å². The largest absolute Gasteiger partial charge is 0.508 e. The van der Waals surface area contributed by atoms with Crippen LogP contribution in [-0.2, 0) is 11.3 Å². The van der Waals surface area contributed by atoms with Crippen LogP contribution >= 0.6 is 0 Å². The molecule has 88 valence electrons. The molecule has 0 aliphatic carbocycles. The maximum Gasteiger partial charge on any atom is 0.338 e.